The van der Waals surface area contributed by atoms with Crippen LogP contribution in [-0.4, -0.2) is 10.7 Å². The molecule has 1 N–H and O–H groups in total. The standard InChI is InChI=1S/C15H32O/c1-4-6-7-8-9-10-11-12-13-14-15(3,16)5-2/h16H,4-14H2,1-3H3/t15-/m1/s1. The Morgan fingerprint density at radius 2 is 1.19 bits per heavy atom. The van der Waals surface area contributed by atoms with Crippen LogP contribution < -0.4 is 0 Å². The highest BCUT2D eigenvalue weighted by Crippen LogP contribution is 2.18. The second-order valence-corrected chi connectivity index (χ2v) is 5.43. The minimum atomic E-state index is -0.416. The lowest BCUT2D eigenvalue weighted by molar-refractivity contribution is 0.0442. The van der Waals surface area contributed by atoms with Gasteiger partial charge in [-0.1, -0.05) is 71.6 Å². The average molecular weight is 228 g/mol. The molecule has 0 aliphatic rings. The van der Waals surface area contributed by atoms with E-state index in [4.69, 9.17) is 0 Å². The van der Waals surface area contributed by atoms with Gasteiger partial charge in [0.1, 0.15) is 0 Å². The zero-order valence-corrected chi connectivity index (χ0v) is 11.7. The molecule has 0 saturated carbocycles. The number of rotatable bonds is 11. The van der Waals surface area contributed by atoms with Crippen molar-refractivity contribution in [1.82, 2.24) is 0 Å². The molecule has 1 heteroatoms. The molecule has 0 aromatic heterocycles. The third kappa shape index (κ3) is 10.5. The minimum Gasteiger partial charge on any atom is -0.390 e. The zero-order chi connectivity index (χ0) is 12.3. The molecule has 0 radical (unpaired) electrons. The summed E-state index contributed by atoms with van der Waals surface area (Å²) in [5.41, 5.74) is -0.416. The second-order valence-electron chi connectivity index (χ2n) is 5.43. The van der Waals surface area contributed by atoms with Crippen molar-refractivity contribution in [2.24, 2.45) is 0 Å². The smallest absolute Gasteiger partial charge is 0.0617 e. The number of unbranched alkanes of at least 4 members (excludes halogenated alkanes) is 8. The molecule has 0 rings (SSSR count). The molecule has 98 valence electrons. The van der Waals surface area contributed by atoms with Crippen molar-refractivity contribution in [2.45, 2.75) is 97.0 Å². The van der Waals surface area contributed by atoms with Crippen molar-refractivity contribution in [3.63, 3.8) is 0 Å². The highest BCUT2D eigenvalue weighted by atomic mass is 16.3. The molecule has 0 aliphatic carbocycles. The molecule has 0 spiro atoms. The van der Waals surface area contributed by atoms with Crippen LogP contribution in [0.5, 0.6) is 0 Å². The van der Waals surface area contributed by atoms with Crippen LogP contribution in [0, 0.1) is 0 Å². The Bertz CT molecular complexity index is 140. The molecule has 0 aliphatic heterocycles. The highest BCUT2D eigenvalue weighted by molar-refractivity contribution is 4.69. The maximum Gasteiger partial charge on any atom is 0.0617 e. The molecule has 16 heavy (non-hydrogen) atoms. The fourth-order valence-electron chi connectivity index (χ4n) is 1.99. The van der Waals surface area contributed by atoms with Crippen LogP contribution in [0.1, 0.15) is 91.4 Å². The predicted molar refractivity (Wildman–Crippen MR) is 72.8 cm³/mol. The maximum absolute atomic E-state index is 9.82. The topological polar surface area (TPSA) is 20.2 Å². The number of hydrogen-bond acceptors (Lipinski definition) is 1. The van der Waals surface area contributed by atoms with Gasteiger partial charge in [-0.25, -0.2) is 0 Å². The lowest BCUT2D eigenvalue weighted by Gasteiger charge is -2.20. The van der Waals surface area contributed by atoms with E-state index < -0.39 is 5.60 Å². The van der Waals surface area contributed by atoms with Crippen LogP contribution >= 0.6 is 0 Å². The first-order valence-corrected chi connectivity index (χ1v) is 7.34. The summed E-state index contributed by atoms with van der Waals surface area (Å²) in [5.74, 6) is 0. The van der Waals surface area contributed by atoms with Gasteiger partial charge in [-0.05, 0) is 19.8 Å². The van der Waals surface area contributed by atoms with E-state index in [-0.39, 0.29) is 0 Å². The highest BCUT2D eigenvalue weighted by Gasteiger charge is 2.15. The van der Waals surface area contributed by atoms with Crippen LogP contribution in [-0.2, 0) is 0 Å². The molecule has 0 amide bonds. The van der Waals surface area contributed by atoms with Crippen molar-refractivity contribution in [3.05, 3.63) is 0 Å². The molecule has 0 heterocycles. The largest absolute Gasteiger partial charge is 0.390 e. The van der Waals surface area contributed by atoms with Gasteiger partial charge in [0, 0.05) is 0 Å². The molecule has 0 fully saturated rings. The van der Waals surface area contributed by atoms with Crippen LogP contribution in [0.4, 0.5) is 0 Å². The Kier molecular flexibility index (Phi) is 10.1. The lowest BCUT2D eigenvalue weighted by Crippen LogP contribution is -2.22. The Balaban J connectivity index is 3.10. The van der Waals surface area contributed by atoms with E-state index in [0.717, 1.165) is 12.8 Å². The van der Waals surface area contributed by atoms with E-state index in [1.807, 2.05) is 6.92 Å². The summed E-state index contributed by atoms with van der Waals surface area (Å²) in [6.45, 7) is 6.28. The first-order valence-electron chi connectivity index (χ1n) is 7.34. The average Bonchev–Trinajstić information content (AvgIpc) is 2.27. The van der Waals surface area contributed by atoms with Gasteiger partial charge in [-0.2, -0.15) is 0 Å². The second kappa shape index (κ2) is 10.1. The first kappa shape index (κ1) is 16.0. The third-order valence-electron chi connectivity index (χ3n) is 3.58. The Morgan fingerprint density at radius 1 is 0.750 bits per heavy atom. The van der Waals surface area contributed by atoms with Crippen molar-refractivity contribution in [1.29, 1.82) is 0 Å². The van der Waals surface area contributed by atoms with E-state index in [1.165, 1.54) is 57.8 Å². The summed E-state index contributed by atoms with van der Waals surface area (Å²) in [4.78, 5) is 0. The van der Waals surface area contributed by atoms with E-state index in [9.17, 15) is 5.11 Å². The first-order chi connectivity index (χ1) is 7.62. The summed E-state index contributed by atoms with van der Waals surface area (Å²) in [5, 5.41) is 9.82. The summed E-state index contributed by atoms with van der Waals surface area (Å²) in [6, 6.07) is 0. The van der Waals surface area contributed by atoms with Gasteiger partial charge < -0.3 is 5.11 Å². The van der Waals surface area contributed by atoms with Crippen LogP contribution in [0.15, 0.2) is 0 Å². The Hall–Kier alpha value is -0.0400. The molecule has 0 bridgehead atoms. The van der Waals surface area contributed by atoms with Gasteiger partial charge in [-0.15, -0.1) is 0 Å². The van der Waals surface area contributed by atoms with Crippen molar-refractivity contribution in [2.75, 3.05) is 0 Å². The molecule has 0 saturated heterocycles. The van der Waals surface area contributed by atoms with Gasteiger partial charge in [0.15, 0.2) is 0 Å². The van der Waals surface area contributed by atoms with Crippen molar-refractivity contribution < 1.29 is 5.11 Å². The quantitative estimate of drug-likeness (QED) is 0.490. The number of hydrogen-bond donors (Lipinski definition) is 1. The Labute approximate surface area is 103 Å². The van der Waals surface area contributed by atoms with Crippen LogP contribution in [0.2, 0.25) is 0 Å². The normalized spacial score (nSPS) is 15.0. The molecule has 1 nitrogen and oxygen atoms in total. The fraction of sp³-hybridized carbons (Fsp3) is 1.00. The van der Waals surface area contributed by atoms with E-state index in [1.54, 1.807) is 0 Å². The SMILES string of the molecule is CCCCCCCCCCC[C@](C)(O)CC. The van der Waals surface area contributed by atoms with E-state index >= 15 is 0 Å². The van der Waals surface area contributed by atoms with Gasteiger partial charge in [0.05, 0.1) is 5.60 Å². The summed E-state index contributed by atoms with van der Waals surface area (Å²) < 4.78 is 0. The van der Waals surface area contributed by atoms with Gasteiger partial charge in [-0.3, -0.25) is 0 Å². The third-order valence-corrected chi connectivity index (χ3v) is 3.58. The summed E-state index contributed by atoms with van der Waals surface area (Å²) in [7, 11) is 0. The fourth-order valence-corrected chi connectivity index (χ4v) is 1.99. The molecular formula is C15H32O. The van der Waals surface area contributed by atoms with Gasteiger partial charge >= 0.3 is 0 Å². The zero-order valence-electron chi connectivity index (χ0n) is 11.7. The molecular weight excluding hydrogens is 196 g/mol. The molecule has 1 atom stereocenters. The molecule has 0 aromatic carbocycles. The monoisotopic (exact) mass is 228 g/mol. The Morgan fingerprint density at radius 3 is 1.62 bits per heavy atom. The number of aliphatic hydroxyl groups is 1. The minimum absolute atomic E-state index is 0.416. The lowest BCUT2D eigenvalue weighted by atomic mass is 9.95. The van der Waals surface area contributed by atoms with Crippen molar-refractivity contribution in [3.8, 4) is 0 Å². The molecule has 0 unspecified atom stereocenters. The van der Waals surface area contributed by atoms with Crippen molar-refractivity contribution >= 4 is 0 Å². The predicted octanol–water partition coefficient (Wildman–Crippen LogP) is 5.07. The van der Waals surface area contributed by atoms with E-state index in [0.29, 0.717) is 0 Å². The van der Waals surface area contributed by atoms with Gasteiger partial charge in [0.25, 0.3) is 0 Å². The summed E-state index contributed by atoms with van der Waals surface area (Å²) >= 11 is 0. The summed E-state index contributed by atoms with van der Waals surface area (Å²) in [6.07, 6.45) is 14.1. The van der Waals surface area contributed by atoms with Crippen LogP contribution in [0.3, 0.4) is 0 Å². The van der Waals surface area contributed by atoms with E-state index in [2.05, 4.69) is 13.8 Å². The van der Waals surface area contributed by atoms with Gasteiger partial charge in [0.2, 0.25) is 0 Å². The van der Waals surface area contributed by atoms with Crippen LogP contribution in [0.25, 0.3) is 0 Å². The molecule has 0 aromatic rings. The maximum atomic E-state index is 9.82.